The van der Waals surface area contributed by atoms with E-state index in [-0.39, 0.29) is 0 Å². The van der Waals surface area contributed by atoms with Gasteiger partial charge in [-0.1, -0.05) is 24.3 Å². The molecule has 1 heterocycles. The molecule has 0 aliphatic heterocycles. The van der Waals surface area contributed by atoms with Gasteiger partial charge in [-0.15, -0.1) is 0 Å². The van der Waals surface area contributed by atoms with Gasteiger partial charge in [0.2, 0.25) is 0 Å². The summed E-state index contributed by atoms with van der Waals surface area (Å²) in [5.74, 6) is -0.0970. The topological polar surface area (TPSA) is 116 Å². The summed E-state index contributed by atoms with van der Waals surface area (Å²) in [4.78, 5) is 41.4. The number of benzene rings is 2. The summed E-state index contributed by atoms with van der Waals surface area (Å²) < 4.78 is 16.1. The predicted octanol–water partition coefficient (Wildman–Crippen LogP) is 3.74. The number of nitrogens with one attached hydrogen (secondary N) is 2. The Hall–Kier alpha value is -4.40. The highest BCUT2D eigenvalue weighted by Gasteiger charge is 2.26. The van der Waals surface area contributed by atoms with Crippen molar-refractivity contribution in [3.05, 3.63) is 64.8 Å². The fraction of sp³-hybridized carbons (Fsp3) is 0.259. The number of aromatic nitrogens is 1. The molecule has 1 aromatic heterocycles. The van der Waals surface area contributed by atoms with Crippen molar-refractivity contribution in [3.8, 4) is 11.5 Å². The maximum Gasteiger partial charge on any atom is 0.339 e. The Kier molecular flexibility index (Phi) is 7.48. The van der Waals surface area contributed by atoms with Crippen LogP contribution in [-0.4, -0.2) is 50.8 Å². The Morgan fingerprint density at radius 3 is 2.56 bits per heavy atom. The molecule has 9 heteroatoms. The van der Waals surface area contributed by atoms with Crippen LogP contribution in [0.3, 0.4) is 0 Å². The number of nitrogens with zero attached hydrogens (tertiary/aromatic N) is 1. The molecular weight excluding hydrogens is 462 g/mol. The number of pyridine rings is 1. The van der Waals surface area contributed by atoms with Gasteiger partial charge in [0.1, 0.15) is 0 Å². The van der Waals surface area contributed by atoms with E-state index in [0.29, 0.717) is 34.4 Å². The molecule has 1 aliphatic rings. The Morgan fingerprint density at radius 1 is 1.03 bits per heavy atom. The zero-order chi connectivity index (χ0) is 25.7. The molecule has 0 bridgehead atoms. The zero-order valence-electron chi connectivity index (χ0n) is 20.3. The van der Waals surface area contributed by atoms with Gasteiger partial charge >= 0.3 is 12.0 Å². The maximum atomic E-state index is 13.2. The molecule has 2 N–H and O–H groups in total. The molecule has 3 amide bonds. The second-order valence-electron chi connectivity index (χ2n) is 8.17. The first-order valence-corrected chi connectivity index (χ1v) is 11.5. The fourth-order valence-electron chi connectivity index (χ4n) is 4.28. The van der Waals surface area contributed by atoms with E-state index in [4.69, 9.17) is 19.2 Å². The van der Waals surface area contributed by atoms with Crippen molar-refractivity contribution in [1.82, 2.24) is 15.6 Å². The van der Waals surface area contributed by atoms with Crippen LogP contribution in [0.2, 0.25) is 0 Å². The lowest BCUT2D eigenvalue weighted by molar-refractivity contribution is -0.123. The van der Waals surface area contributed by atoms with Gasteiger partial charge in [0.05, 0.1) is 31.0 Å². The number of para-hydroxylation sites is 1. The standard InChI is InChI=1S/C27H27N3O6/c1-28-27(33)30-23(31)15-36-26(32)24-18-8-4-5-10-20(18)29-25-17(7-6-9-19(24)25)13-16-11-12-21(34-2)22(14-16)35-3/h4-5,8,10-14H,6-7,9,15H2,1-3H3,(H2,28,30,31,33)/b17-13+. The molecule has 0 unspecified atom stereocenters. The van der Waals surface area contributed by atoms with Crippen LogP contribution in [0.4, 0.5) is 4.79 Å². The summed E-state index contributed by atoms with van der Waals surface area (Å²) in [5, 5.41) is 5.01. The lowest BCUT2D eigenvalue weighted by Crippen LogP contribution is -2.39. The first kappa shape index (κ1) is 24.7. The second kappa shape index (κ2) is 10.9. The predicted molar refractivity (Wildman–Crippen MR) is 135 cm³/mol. The van der Waals surface area contributed by atoms with E-state index in [1.807, 2.05) is 48.5 Å². The van der Waals surface area contributed by atoms with Gasteiger partial charge < -0.3 is 19.5 Å². The van der Waals surface area contributed by atoms with Gasteiger partial charge in [-0.25, -0.2) is 14.6 Å². The molecule has 1 aliphatic carbocycles. The number of carbonyl (C=O) groups excluding carboxylic acids is 3. The number of rotatable bonds is 6. The van der Waals surface area contributed by atoms with Crippen LogP contribution >= 0.6 is 0 Å². The molecule has 4 rings (SSSR count). The van der Waals surface area contributed by atoms with Crippen molar-refractivity contribution < 1.29 is 28.6 Å². The molecule has 2 aromatic carbocycles. The van der Waals surface area contributed by atoms with Crippen LogP contribution in [0, 0.1) is 0 Å². The molecule has 9 nitrogen and oxygen atoms in total. The molecule has 0 fully saturated rings. The molecule has 0 spiro atoms. The number of ether oxygens (including phenoxy) is 3. The van der Waals surface area contributed by atoms with Gasteiger partial charge in [0.15, 0.2) is 18.1 Å². The van der Waals surface area contributed by atoms with Gasteiger partial charge in [-0.3, -0.25) is 10.1 Å². The average Bonchev–Trinajstić information content (AvgIpc) is 2.90. The third kappa shape index (κ3) is 5.14. The number of carbonyl (C=O) groups is 3. The molecular formula is C27H27N3O6. The molecule has 36 heavy (non-hydrogen) atoms. The summed E-state index contributed by atoms with van der Waals surface area (Å²) >= 11 is 0. The van der Waals surface area contributed by atoms with E-state index in [9.17, 15) is 14.4 Å². The van der Waals surface area contributed by atoms with Crippen molar-refractivity contribution >= 4 is 40.5 Å². The van der Waals surface area contributed by atoms with Gasteiger partial charge in [0.25, 0.3) is 5.91 Å². The number of hydrogen-bond donors (Lipinski definition) is 2. The average molecular weight is 490 g/mol. The van der Waals surface area contributed by atoms with Gasteiger partial charge in [-0.05, 0) is 60.2 Å². The van der Waals surface area contributed by atoms with Gasteiger partial charge in [0, 0.05) is 12.4 Å². The lowest BCUT2D eigenvalue weighted by atomic mass is 9.86. The van der Waals surface area contributed by atoms with E-state index in [0.717, 1.165) is 35.2 Å². The van der Waals surface area contributed by atoms with Crippen LogP contribution in [-0.2, 0) is 16.0 Å². The summed E-state index contributed by atoms with van der Waals surface area (Å²) in [6, 6.07) is 12.3. The minimum atomic E-state index is -0.719. The van der Waals surface area contributed by atoms with E-state index < -0.39 is 24.5 Å². The van der Waals surface area contributed by atoms with Crippen molar-refractivity contribution in [2.24, 2.45) is 0 Å². The van der Waals surface area contributed by atoms with E-state index in [1.54, 1.807) is 14.2 Å². The minimum Gasteiger partial charge on any atom is -0.493 e. The first-order chi connectivity index (χ1) is 17.4. The number of fused-ring (bicyclic) bond motifs is 2. The van der Waals surface area contributed by atoms with Crippen molar-refractivity contribution in [2.75, 3.05) is 27.9 Å². The van der Waals surface area contributed by atoms with Crippen LogP contribution in [0.5, 0.6) is 11.5 Å². The Labute approximate surface area is 208 Å². The fourth-order valence-corrected chi connectivity index (χ4v) is 4.28. The van der Waals surface area contributed by atoms with Crippen LogP contribution in [0.15, 0.2) is 42.5 Å². The molecule has 186 valence electrons. The number of esters is 1. The largest absolute Gasteiger partial charge is 0.493 e. The zero-order valence-corrected chi connectivity index (χ0v) is 20.3. The highest BCUT2D eigenvalue weighted by atomic mass is 16.5. The summed E-state index contributed by atoms with van der Waals surface area (Å²) in [6.45, 7) is -0.577. The number of hydrogen-bond acceptors (Lipinski definition) is 7. The quantitative estimate of drug-likeness (QED) is 0.507. The molecule has 0 radical (unpaired) electrons. The smallest absolute Gasteiger partial charge is 0.339 e. The number of methoxy groups -OCH3 is 2. The van der Waals surface area contributed by atoms with E-state index in [1.165, 1.54) is 7.05 Å². The Morgan fingerprint density at radius 2 is 1.81 bits per heavy atom. The number of allylic oxidation sites excluding steroid dienone is 1. The first-order valence-electron chi connectivity index (χ1n) is 11.5. The number of amides is 3. The third-order valence-corrected chi connectivity index (χ3v) is 5.94. The maximum absolute atomic E-state index is 13.2. The summed E-state index contributed by atoms with van der Waals surface area (Å²) in [5.41, 5.74) is 4.46. The normalized spacial score (nSPS) is 13.6. The SMILES string of the molecule is CNC(=O)NC(=O)COC(=O)c1c2c(nc3ccccc13)/C(=C/c1ccc(OC)c(OC)c1)CCC2. The monoisotopic (exact) mass is 489 g/mol. The molecule has 0 saturated heterocycles. The van der Waals surface area contributed by atoms with Gasteiger partial charge in [-0.2, -0.15) is 0 Å². The second-order valence-corrected chi connectivity index (χ2v) is 8.17. The van der Waals surface area contributed by atoms with Crippen molar-refractivity contribution in [1.29, 1.82) is 0 Å². The summed E-state index contributed by atoms with van der Waals surface area (Å²) in [6.07, 6.45) is 4.29. The van der Waals surface area contributed by atoms with Crippen molar-refractivity contribution in [2.45, 2.75) is 19.3 Å². The van der Waals surface area contributed by atoms with Crippen LogP contribution in [0.1, 0.15) is 40.0 Å². The Balaban J connectivity index is 1.74. The molecule has 0 saturated carbocycles. The minimum absolute atomic E-state index is 0.390. The highest BCUT2D eigenvalue weighted by molar-refractivity contribution is 6.07. The molecule has 3 aromatic rings. The summed E-state index contributed by atoms with van der Waals surface area (Å²) in [7, 11) is 4.56. The van der Waals surface area contributed by atoms with E-state index in [2.05, 4.69) is 10.6 Å². The van der Waals surface area contributed by atoms with Crippen molar-refractivity contribution in [3.63, 3.8) is 0 Å². The number of urea groups is 1. The lowest BCUT2D eigenvalue weighted by Gasteiger charge is -2.22. The molecule has 0 atom stereocenters. The third-order valence-electron chi connectivity index (χ3n) is 5.94. The highest BCUT2D eigenvalue weighted by Crippen LogP contribution is 2.37. The van der Waals surface area contributed by atoms with Crippen LogP contribution < -0.4 is 20.1 Å². The Bertz CT molecular complexity index is 1370. The van der Waals surface area contributed by atoms with Crippen LogP contribution in [0.25, 0.3) is 22.6 Å². The van der Waals surface area contributed by atoms with E-state index >= 15 is 0 Å². The number of imide groups is 1.